The summed E-state index contributed by atoms with van der Waals surface area (Å²) in [6.07, 6.45) is 3.95. The lowest BCUT2D eigenvalue weighted by atomic mass is 9.92. The maximum absolute atomic E-state index is 5.60. The Balaban J connectivity index is 1.90. The smallest absolute Gasteiger partial charge is 0.101 e. The van der Waals surface area contributed by atoms with Gasteiger partial charge in [-0.3, -0.25) is 4.90 Å². The molecule has 0 aromatic heterocycles. The lowest BCUT2D eigenvalue weighted by Crippen LogP contribution is -2.44. The van der Waals surface area contributed by atoms with E-state index < -0.39 is 0 Å². The predicted molar refractivity (Wildman–Crippen MR) is 42.4 cm³/mol. The lowest BCUT2D eigenvalue weighted by molar-refractivity contribution is 0.0526. The second kappa shape index (κ2) is 1.80. The molecule has 0 radical (unpaired) electrons. The molecule has 0 N–H and O–H groups in total. The van der Waals surface area contributed by atoms with E-state index in [0.29, 0.717) is 12.2 Å². The van der Waals surface area contributed by atoms with Gasteiger partial charge in [-0.2, -0.15) is 0 Å². The number of ether oxygens (including phenoxy) is 1. The minimum Gasteiger partial charge on any atom is -0.366 e. The number of hydrogen-bond acceptors (Lipinski definition) is 2. The number of likely N-dealkylation sites (N-methyl/N-ethyl adjacent to an activating group) is 1. The van der Waals surface area contributed by atoms with Crippen molar-refractivity contribution in [1.29, 1.82) is 0 Å². The zero-order valence-electron chi connectivity index (χ0n) is 7.16. The largest absolute Gasteiger partial charge is 0.366 e. The molecule has 0 aromatic rings. The van der Waals surface area contributed by atoms with Gasteiger partial charge < -0.3 is 4.74 Å². The molecule has 3 aliphatic rings. The number of rotatable bonds is 0. The fourth-order valence-corrected chi connectivity index (χ4v) is 2.99. The molecule has 0 spiro atoms. The van der Waals surface area contributed by atoms with Crippen molar-refractivity contribution < 1.29 is 4.74 Å². The van der Waals surface area contributed by atoms with Crippen LogP contribution >= 0.6 is 0 Å². The van der Waals surface area contributed by atoms with E-state index in [2.05, 4.69) is 18.9 Å². The molecule has 0 aliphatic carbocycles. The van der Waals surface area contributed by atoms with Gasteiger partial charge in [-0.1, -0.05) is 6.92 Å². The molecule has 0 saturated carbocycles. The van der Waals surface area contributed by atoms with Crippen LogP contribution in [0.5, 0.6) is 0 Å². The molecular weight excluding hydrogens is 138 g/mol. The first-order valence-electron chi connectivity index (χ1n) is 4.65. The van der Waals surface area contributed by atoms with Gasteiger partial charge in [0.2, 0.25) is 0 Å². The minimum absolute atomic E-state index is 0.620. The van der Waals surface area contributed by atoms with Crippen LogP contribution in [0.4, 0.5) is 0 Å². The van der Waals surface area contributed by atoms with Gasteiger partial charge in [0, 0.05) is 12.1 Å². The Morgan fingerprint density at radius 3 is 2.27 bits per heavy atom. The molecule has 2 bridgehead atoms. The van der Waals surface area contributed by atoms with Crippen LogP contribution in [-0.4, -0.2) is 36.2 Å². The first-order chi connectivity index (χ1) is 5.27. The Bertz CT molecular complexity index is 176. The Morgan fingerprint density at radius 2 is 1.73 bits per heavy atom. The van der Waals surface area contributed by atoms with Gasteiger partial charge in [0.1, 0.15) is 12.2 Å². The van der Waals surface area contributed by atoms with E-state index in [1.54, 1.807) is 0 Å². The van der Waals surface area contributed by atoms with Crippen molar-refractivity contribution in [2.24, 2.45) is 5.92 Å². The number of hydrogen-bond donors (Lipinski definition) is 0. The lowest BCUT2D eigenvalue weighted by Gasteiger charge is -2.36. The molecule has 2 nitrogen and oxygen atoms in total. The highest BCUT2D eigenvalue weighted by molar-refractivity contribution is 5.13. The molecule has 3 rings (SSSR count). The summed E-state index contributed by atoms with van der Waals surface area (Å²) >= 11 is 0. The fraction of sp³-hybridized carbons (Fsp3) is 1.00. The second-order valence-corrected chi connectivity index (χ2v) is 4.44. The Hall–Kier alpha value is -0.0800. The summed E-state index contributed by atoms with van der Waals surface area (Å²) in [6.45, 7) is 2.37. The summed E-state index contributed by atoms with van der Waals surface area (Å²) in [7, 11) is 2.26. The van der Waals surface area contributed by atoms with E-state index in [0.717, 1.165) is 18.0 Å². The third kappa shape index (κ3) is 0.695. The van der Waals surface area contributed by atoms with Crippen molar-refractivity contribution in [3.8, 4) is 0 Å². The van der Waals surface area contributed by atoms with Crippen molar-refractivity contribution in [3.63, 3.8) is 0 Å². The van der Waals surface area contributed by atoms with Crippen LogP contribution in [0.3, 0.4) is 0 Å². The number of nitrogens with zero attached hydrogens (tertiary/aromatic N) is 1. The summed E-state index contributed by atoms with van der Waals surface area (Å²) in [5, 5.41) is 0. The average molecular weight is 153 g/mol. The van der Waals surface area contributed by atoms with E-state index >= 15 is 0 Å². The van der Waals surface area contributed by atoms with Gasteiger partial charge in [-0.15, -0.1) is 0 Å². The number of piperidine rings is 1. The molecule has 62 valence electrons. The number of fused-ring (bicyclic) bond motifs is 5. The Labute approximate surface area is 67.5 Å². The maximum Gasteiger partial charge on any atom is 0.101 e. The third-order valence-electron chi connectivity index (χ3n) is 3.65. The highest BCUT2D eigenvalue weighted by atomic mass is 16.6. The van der Waals surface area contributed by atoms with Gasteiger partial charge in [0.25, 0.3) is 0 Å². The van der Waals surface area contributed by atoms with Gasteiger partial charge in [-0.05, 0) is 25.8 Å². The number of morpholine rings is 1. The molecule has 3 fully saturated rings. The molecule has 3 saturated heterocycles. The Kier molecular flexibility index (Phi) is 1.06. The summed E-state index contributed by atoms with van der Waals surface area (Å²) in [5.74, 6) is 0.928. The summed E-state index contributed by atoms with van der Waals surface area (Å²) < 4.78 is 5.60. The monoisotopic (exact) mass is 153 g/mol. The van der Waals surface area contributed by atoms with Crippen LogP contribution in [-0.2, 0) is 4.74 Å². The molecule has 0 amide bonds. The average Bonchev–Trinajstić information content (AvgIpc) is 2.66. The molecule has 5 atom stereocenters. The third-order valence-corrected chi connectivity index (χ3v) is 3.65. The van der Waals surface area contributed by atoms with Crippen LogP contribution in [0.15, 0.2) is 0 Å². The fourth-order valence-electron chi connectivity index (χ4n) is 2.99. The highest BCUT2D eigenvalue weighted by Crippen LogP contribution is 2.48. The van der Waals surface area contributed by atoms with E-state index in [4.69, 9.17) is 4.74 Å². The van der Waals surface area contributed by atoms with Gasteiger partial charge in [0.05, 0.1) is 0 Å². The topological polar surface area (TPSA) is 15.8 Å². The molecule has 2 heteroatoms. The van der Waals surface area contributed by atoms with Crippen LogP contribution < -0.4 is 0 Å². The zero-order chi connectivity index (χ0) is 7.59. The second-order valence-electron chi connectivity index (χ2n) is 4.44. The molecular formula is C9H15NO. The Morgan fingerprint density at radius 1 is 1.18 bits per heavy atom. The normalized spacial score (nSPS) is 61.1. The molecule has 11 heavy (non-hydrogen) atoms. The van der Waals surface area contributed by atoms with Crippen molar-refractivity contribution in [3.05, 3.63) is 0 Å². The van der Waals surface area contributed by atoms with E-state index in [1.165, 1.54) is 12.8 Å². The van der Waals surface area contributed by atoms with Crippen LogP contribution in [0.25, 0.3) is 0 Å². The maximum atomic E-state index is 5.60. The van der Waals surface area contributed by atoms with Gasteiger partial charge in [0.15, 0.2) is 0 Å². The highest BCUT2D eigenvalue weighted by Gasteiger charge is 2.61. The standard InChI is InChI=1S/C9H15NO/c1-5-3-6-8-9(11-8)7(4-5)10(6)2/h5-9H,3-4H2,1-2H3/t5-,6-,7?,8-,9+/m1/s1. The molecule has 3 aliphatic heterocycles. The summed E-state index contributed by atoms with van der Waals surface area (Å²) in [5.41, 5.74) is 0. The molecule has 1 unspecified atom stereocenters. The van der Waals surface area contributed by atoms with Crippen LogP contribution in [0.1, 0.15) is 19.8 Å². The summed E-state index contributed by atoms with van der Waals surface area (Å²) in [4.78, 5) is 2.54. The van der Waals surface area contributed by atoms with Crippen molar-refractivity contribution >= 4 is 0 Å². The van der Waals surface area contributed by atoms with Crippen molar-refractivity contribution in [2.45, 2.75) is 44.1 Å². The van der Waals surface area contributed by atoms with Gasteiger partial charge in [-0.25, -0.2) is 0 Å². The van der Waals surface area contributed by atoms with Crippen molar-refractivity contribution in [1.82, 2.24) is 4.90 Å². The molecule has 3 heterocycles. The minimum atomic E-state index is 0.620. The first kappa shape index (κ1) is 6.44. The van der Waals surface area contributed by atoms with Crippen LogP contribution in [0, 0.1) is 5.92 Å². The predicted octanol–water partition coefficient (Wildman–Crippen LogP) is 0.866. The van der Waals surface area contributed by atoms with E-state index in [1.807, 2.05) is 0 Å². The summed E-state index contributed by atoms with van der Waals surface area (Å²) in [6, 6.07) is 1.52. The number of epoxide rings is 1. The van der Waals surface area contributed by atoms with Crippen molar-refractivity contribution in [2.75, 3.05) is 7.05 Å². The SMILES string of the molecule is C[C@H]1CC2[C@@H]3O[C@@H]3[C@@H](C1)N2C. The van der Waals surface area contributed by atoms with Crippen LogP contribution in [0.2, 0.25) is 0 Å². The van der Waals surface area contributed by atoms with E-state index in [9.17, 15) is 0 Å². The zero-order valence-corrected chi connectivity index (χ0v) is 7.16. The van der Waals surface area contributed by atoms with E-state index in [-0.39, 0.29) is 0 Å². The first-order valence-corrected chi connectivity index (χ1v) is 4.65. The molecule has 0 aromatic carbocycles. The quantitative estimate of drug-likeness (QED) is 0.480. The van der Waals surface area contributed by atoms with Gasteiger partial charge >= 0.3 is 0 Å².